The van der Waals surface area contributed by atoms with Crippen LogP contribution in [-0.4, -0.2) is 33.8 Å². The van der Waals surface area contributed by atoms with Crippen molar-refractivity contribution in [3.63, 3.8) is 0 Å². The Labute approximate surface area is 210 Å². The Kier molecular flexibility index (Phi) is 7.49. The summed E-state index contributed by atoms with van der Waals surface area (Å²) < 4.78 is 27.6. The largest absolute Gasteiger partial charge is 0.497 e. The van der Waals surface area contributed by atoms with Gasteiger partial charge in [0.1, 0.15) is 28.6 Å². The van der Waals surface area contributed by atoms with Gasteiger partial charge in [-0.05, 0) is 55.3 Å². The van der Waals surface area contributed by atoms with Crippen LogP contribution in [0.15, 0.2) is 71.4 Å². The molecule has 0 bridgehead atoms. The zero-order valence-corrected chi connectivity index (χ0v) is 21.0. The number of methoxy groups -OCH3 is 3. The van der Waals surface area contributed by atoms with Crippen molar-refractivity contribution < 1.29 is 28.2 Å². The molecule has 0 aliphatic rings. The van der Waals surface area contributed by atoms with E-state index in [0.717, 1.165) is 33.4 Å². The van der Waals surface area contributed by atoms with Gasteiger partial charge < -0.3 is 28.7 Å². The van der Waals surface area contributed by atoms with E-state index in [1.54, 1.807) is 45.8 Å². The van der Waals surface area contributed by atoms with Crippen LogP contribution in [0.3, 0.4) is 0 Å². The van der Waals surface area contributed by atoms with Crippen molar-refractivity contribution >= 4 is 28.1 Å². The van der Waals surface area contributed by atoms with E-state index in [4.69, 9.17) is 23.4 Å². The van der Waals surface area contributed by atoms with Crippen LogP contribution in [0.1, 0.15) is 19.4 Å². The fourth-order valence-electron chi connectivity index (χ4n) is 4.00. The van der Waals surface area contributed by atoms with E-state index < -0.39 is 0 Å². The first kappa shape index (κ1) is 24.7. The third-order valence-corrected chi connectivity index (χ3v) is 5.81. The molecule has 4 aromatic rings. The highest BCUT2D eigenvalue weighted by atomic mass is 16.5. The molecule has 0 radical (unpaired) electrons. The van der Waals surface area contributed by atoms with Gasteiger partial charge in [0.05, 0.1) is 39.9 Å². The molecule has 0 atom stereocenters. The van der Waals surface area contributed by atoms with Crippen LogP contribution in [0.5, 0.6) is 23.0 Å². The minimum atomic E-state index is -0.294. The molecule has 36 heavy (non-hydrogen) atoms. The number of carbonyl (C=O) groups excluding carboxylic acids is 1. The molecule has 0 spiro atoms. The summed E-state index contributed by atoms with van der Waals surface area (Å²) in [6.07, 6.45) is 3.26. The van der Waals surface area contributed by atoms with Crippen LogP contribution in [0.4, 0.5) is 5.69 Å². The summed E-state index contributed by atoms with van der Waals surface area (Å²) in [4.78, 5) is 12.9. The molecule has 1 amide bonds. The number of benzene rings is 3. The molecule has 1 N–H and O–H groups in total. The van der Waals surface area contributed by atoms with Crippen molar-refractivity contribution in [2.24, 2.45) is 0 Å². The average molecular weight is 488 g/mol. The Morgan fingerprint density at radius 1 is 0.917 bits per heavy atom. The van der Waals surface area contributed by atoms with Gasteiger partial charge in [-0.1, -0.05) is 12.1 Å². The molecule has 0 aliphatic carbocycles. The van der Waals surface area contributed by atoms with E-state index in [-0.39, 0.29) is 5.91 Å². The normalized spacial score (nSPS) is 11.3. The van der Waals surface area contributed by atoms with E-state index in [1.807, 2.05) is 50.2 Å². The van der Waals surface area contributed by atoms with Crippen molar-refractivity contribution in [3.8, 4) is 34.1 Å². The number of nitrogens with one attached hydrogen (secondary N) is 1. The molecule has 0 fully saturated rings. The molecule has 7 nitrogen and oxygen atoms in total. The Morgan fingerprint density at radius 3 is 2.31 bits per heavy atom. The van der Waals surface area contributed by atoms with E-state index in [0.29, 0.717) is 35.1 Å². The van der Waals surface area contributed by atoms with Gasteiger partial charge in [-0.2, -0.15) is 0 Å². The van der Waals surface area contributed by atoms with Crippen molar-refractivity contribution in [1.82, 2.24) is 0 Å². The predicted octanol–water partition coefficient (Wildman–Crippen LogP) is 6.57. The smallest absolute Gasteiger partial charge is 0.248 e. The number of amides is 1. The summed E-state index contributed by atoms with van der Waals surface area (Å²) in [6, 6.07) is 16.9. The van der Waals surface area contributed by atoms with Gasteiger partial charge in [0.2, 0.25) is 5.91 Å². The number of rotatable bonds is 9. The lowest BCUT2D eigenvalue weighted by atomic mass is 9.99. The van der Waals surface area contributed by atoms with Crippen molar-refractivity contribution in [3.05, 3.63) is 72.5 Å². The van der Waals surface area contributed by atoms with Crippen LogP contribution < -0.4 is 24.3 Å². The fraction of sp³-hybridized carbons (Fsp3) is 0.207. The quantitative estimate of drug-likeness (QED) is 0.269. The van der Waals surface area contributed by atoms with Crippen molar-refractivity contribution in [2.75, 3.05) is 33.3 Å². The zero-order valence-electron chi connectivity index (χ0n) is 21.0. The third-order valence-electron chi connectivity index (χ3n) is 5.81. The van der Waals surface area contributed by atoms with Crippen LogP contribution in [0.2, 0.25) is 0 Å². The molecule has 1 aromatic heterocycles. The molecule has 186 valence electrons. The maximum Gasteiger partial charge on any atom is 0.248 e. The Hall–Kier alpha value is -4.39. The molecular weight excluding hydrogens is 458 g/mol. The van der Waals surface area contributed by atoms with Crippen LogP contribution in [-0.2, 0) is 4.79 Å². The standard InChI is InChI=1S/C29H29NO6/c1-6-35-20-9-7-19(8-10-20)24-17-36-27-16-26(33-4)22(15-23(24)27)18(2)13-29(31)30-25-12-11-21(32-3)14-28(25)34-5/h7-17H,6H2,1-5H3,(H,30,31)/b18-13+. The third kappa shape index (κ3) is 5.15. The number of anilines is 1. The molecule has 0 saturated carbocycles. The van der Waals surface area contributed by atoms with Gasteiger partial charge in [-0.25, -0.2) is 0 Å². The number of furan rings is 1. The summed E-state index contributed by atoms with van der Waals surface area (Å²) in [5.41, 5.74) is 4.70. The maximum atomic E-state index is 12.9. The molecule has 1 heterocycles. The second-order valence-electron chi connectivity index (χ2n) is 8.04. The monoisotopic (exact) mass is 487 g/mol. The maximum absolute atomic E-state index is 12.9. The minimum Gasteiger partial charge on any atom is -0.497 e. The lowest BCUT2D eigenvalue weighted by Gasteiger charge is -2.12. The average Bonchev–Trinajstić information content (AvgIpc) is 3.31. The molecule has 7 heteroatoms. The second-order valence-corrected chi connectivity index (χ2v) is 8.04. The topological polar surface area (TPSA) is 79.2 Å². The number of carbonyl (C=O) groups is 1. The molecule has 4 rings (SSSR count). The van der Waals surface area contributed by atoms with Gasteiger partial charge >= 0.3 is 0 Å². The van der Waals surface area contributed by atoms with Crippen LogP contribution in [0, 0.1) is 0 Å². The fourth-order valence-corrected chi connectivity index (χ4v) is 4.00. The highest BCUT2D eigenvalue weighted by Crippen LogP contribution is 2.38. The summed E-state index contributed by atoms with van der Waals surface area (Å²) in [5.74, 6) is 2.27. The second kappa shape index (κ2) is 10.9. The molecular formula is C29H29NO6. The Morgan fingerprint density at radius 2 is 1.64 bits per heavy atom. The number of hydrogen-bond donors (Lipinski definition) is 1. The molecule has 3 aromatic carbocycles. The first-order chi connectivity index (χ1) is 17.5. The van der Waals surface area contributed by atoms with Crippen molar-refractivity contribution in [2.45, 2.75) is 13.8 Å². The van der Waals surface area contributed by atoms with Gasteiger partial charge in [0.15, 0.2) is 0 Å². The molecule has 0 unspecified atom stereocenters. The van der Waals surface area contributed by atoms with Crippen LogP contribution in [0.25, 0.3) is 27.7 Å². The number of hydrogen-bond acceptors (Lipinski definition) is 6. The summed E-state index contributed by atoms with van der Waals surface area (Å²) in [7, 11) is 4.71. The number of ether oxygens (including phenoxy) is 4. The molecule has 0 saturated heterocycles. The predicted molar refractivity (Wildman–Crippen MR) is 141 cm³/mol. The van der Waals surface area contributed by atoms with E-state index in [9.17, 15) is 4.79 Å². The number of allylic oxidation sites excluding steroid dienone is 1. The van der Waals surface area contributed by atoms with Gasteiger partial charge in [0, 0.05) is 34.7 Å². The zero-order chi connectivity index (χ0) is 25.7. The molecule has 0 aliphatic heterocycles. The summed E-state index contributed by atoms with van der Waals surface area (Å²) in [5, 5.41) is 3.79. The van der Waals surface area contributed by atoms with E-state index in [2.05, 4.69) is 5.32 Å². The first-order valence-electron chi connectivity index (χ1n) is 11.5. The summed E-state index contributed by atoms with van der Waals surface area (Å²) in [6.45, 7) is 4.43. The van der Waals surface area contributed by atoms with Gasteiger partial charge in [-0.15, -0.1) is 0 Å². The lowest BCUT2D eigenvalue weighted by molar-refractivity contribution is -0.111. The van der Waals surface area contributed by atoms with E-state index in [1.165, 1.54) is 6.08 Å². The van der Waals surface area contributed by atoms with Crippen molar-refractivity contribution in [1.29, 1.82) is 0 Å². The van der Waals surface area contributed by atoms with E-state index >= 15 is 0 Å². The SMILES string of the molecule is CCOc1ccc(-c2coc3cc(OC)c(/C(C)=C/C(=O)Nc4ccc(OC)cc4OC)cc23)cc1. The Bertz CT molecular complexity index is 1400. The highest BCUT2D eigenvalue weighted by molar-refractivity contribution is 6.06. The highest BCUT2D eigenvalue weighted by Gasteiger charge is 2.16. The van der Waals surface area contributed by atoms with Gasteiger partial charge in [-0.3, -0.25) is 4.79 Å². The van der Waals surface area contributed by atoms with Gasteiger partial charge in [0.25, 0.3) is 0 Å². The first-order valence-corrected chi connectivity index (χ1v) is 11.5. The number of fused-ring (bicyclic) bond motifs is 1. The Balaban J connectivity index is 1.66. The minimum absolute atomic E-state index is 0.294. The lowest BCUT2D eigenvalue weighted by Crippen LogP contribution is -2.10. The van der Waals surface area contributed by atoms with Crippen LogP contribution >= 0.6 is 0 Å². The summed E-state index contributed by atoms with van der Waals surface area (Å²) >= 11 is 0.